The second-order valence-electron chi connectivity index (χ2n) is 4.96. The van der Waals surface area contributed by atoms with Crippen molar-refractivity contribution in [3.8, 4) is 0 Å². The number of rotatable bonds is 3. The molecule has 2 unspecified atom stereocenters. The van der Waals surface area contributed by atoms with E-state index in [1.54, 1.807) is 7.05 Å². The van der Waals surface area contributed by atoms with Crippen molar-refractivity contribution in [2.24, 2.45) is 5.73 Å². The molecule has 1 aromatic heterocycles. The van der Waals surface area contributed by atoms with Crippen LogP contribution in [0.5, 0.6) is 0 Å². The second kappa shape index (κ2) is 4.14. The Kier molecular flexibility index (Phi) is 2.95. The highest BCUT2D eigenvalue weighted by Crippen LogP contribution is 2.37. The third-order valence-corrected chi connectivity index (χ3v) is 3.83. The van der Waals surface area contributed by atoms with Crippen molar-refractivity contribution in [1.29, 1.82) is 0 Å². The van der Waals surface area contributed by atoms with Crippen LogP contribution in [0.4, 0.5) is 0 Å². The maximum Gasteiger partial charge on any atom is 0.237 e. The molecule has 5 heteroatoms. The van der Waals surface area contributed by atoms with Crippen LogP contribution in [-0.4, -0.2) is 28.3 Å². The molecule has 2 atom stereocenters. The Morgan fingerprint density at radius 2 is 2.35 bits per heavy atom. The number of hydrogen-bond acceptors (Lipinski definition) is 3. The fraction of sp³-hybridized carbons (Fsp3) is 0.667. The van der Waals surface area contributed by atoms with E-state index in [-0.39, 0.29) is 11.9 Å². The Labute approximate surface area is 101 Å². The number of likely N-dealkylation sites (N-methyl/N-ethyl adjacent to an activating group) is 1. The lowest BCUT2D eigenvalue weighted by Gasteiger charge is -2.25. The molecule has 94 valence electrons. The predicted molar refractivity (Wildman–Crippen MR) is 65.6 cm³/mol. The fourth-order valence-corrected chi connectivity index (χ4v) is 2.82. The monoisotopic (exact) mass is 236 g/mol. The Balaban J connectivity index is 2.23. The molecule has 0 spiro atoms. The van der Waals surface area contributed by atoms with Gasteiger partial charge in [0.25, 0.3) is 0 Å². The van der Waals surface area contributed by atoms with Crippen molar-refractivity contribution in [2.75, 3.05) is 7.05 Å². The van der Waals surface area contributed by atoms with Crippen molar-refractivity contribution in [3.63, 3.8) is 0 Å². The number of carbonyl (C=O) groups is 1. The van der Waals surface area contributed by atoms with E-state index >= 15 is 0 Å². The van der Waals surface area contributed by atoms with E-state index in [0.717, 1.165) is 30.7 Å². The van der Waals surface area contributed by atoms with E-state index < -0.39 is 5.54 Å². The fourth-order valence-electron chi connectivity index (χ4n) is 2.82. The van der Waals surface area contributed by atoms with Crippen LogP contribution in [0.15, 0.2) is 6.07 Å². The van der Waals surface area contributed by atoms with E-state index in [9.17, 15) is 4.79 Å². The van der Waals surface area contributed by atoms with Gasteiger partial charge in [-0.05, 0) is 46.2 Å². The lowest BCUT2D eigenvalue weighted by molar-refractivity contribution is -0.124. The lowest BCUT2D eigenvalue weighted by atomic mass is 9.97. The molecule has 1 amide bonds. The zero-order chi connectivity index (χ0) is 12.6. The molecule has 1 aliphatic carbocycles. The Morgan fingerprint density at radius 1 is 1.65 bits per heavy atom. The van der Waals surface area contributed by atoms with E-state index in [0.29, 0.717) is 0 Å². The minimum Gasteiger partial charge on any atom is -0.368 e. The van der Waals surface area contributed by atoms with Crippen LogP contribution in [0.1, 0.15) is 36.7 Å². The average molecular weight is 236 g/mol. The molecule has 1 aromatic rings. The summed E-state index contributed by atoms with van der Waals surface area (Å²) in [5.74, 6) is -0.260. The summed E-state index contributed by atoms with van der Waals surface area (Å²) in [7, 11) is 1.80. The molecule has 0 saturated heterocycles. The maximum atomic E-state index is 11.6. The summed E-state index contributed by atoms with van der Waals surface area (Å²) in [4.78, 5) is 11.6. The second-order valence-corrected chi connectivity index (χ2v) is 4.96. The van der Waals surface area contributed by atoms with E-state index in [2.05, 4.69) is 16.5 Å². The zero-order valence-corrected chi connectivity index (χ0v) is 10.7. The number of primary amides is 1. The maximum absolute atomic E-state index is 11.6. The Morgan fingerprint density at radius 3 is 2.76 bits per heavy atom. The molecule has 0 bridgehead atoms. The van der Waals surface area contributed by atoms with Crippen molar-refractivity contribution in [3.05, 3.63) is 17.5 Å². The van der Waals surface area contributed by atoms with Gasteiger partial charge in [-0.3, -0.25) is 9.48 Å². The normalized spacial score (nSPS) is 28.5. The topological polar surface area (TPSA) is 72.9 Å². The van der Waals surface area contributed by atoms with Crippen LogP contribution in [-0.2, 0) is 4.79 Å². The number of nitrogens with one attached hydrogen (secondary N) is 1. The summed E-state index contributed by atoms with van der Waals surface area (Å²) in [5.41, 5.74) is 7.10. The minimum absolute atomic E-state index is 0.260. The highest BCUT2D eigenvalue weighted by atomic mass is 16.1. The van der Waals surface area contributed by atoms with E-state index in [4.69, 9.17) is 5.73 Å². The minimum atomic E-state index is -0.559. The summed E-state index contributed by atoms with van der Waals surface area (Å²) >= 11 is 0. The van der Waals surface area contributed by atoms with Gasteiger partial charge >= 0.3 is 0 Å². The van der Waals surface area contributed by atoms with Crippen molar-refractivity contribution >= 4 is 5.91 Å². The van der Waals surface area contributed by atoms with Crippen molar-refractivity contribution in [1.82, 2.24) is 15.1 Å². The molecular weight excluding hydrogens is 216 g/mol. The Bertz CT molecular complexity index is 440. The van der Waals surface area contributed by atoms with Gasteiger partial charge in [-0.2, -0.15) is 5.10 Å². The SMILES string of the molecule is CNC1(C(N)=O)CCC(n2nc(C)cc2C)C1. The highest BCUT2D eigenvalue weighted by molar-refractivity contribution is 5.85. The summed E-state index contributed by atoms with van der Waals surface area (Å²) in [6, 6.07) is 2.33. The zero-order valence-electron chi connectivity index (χ0n) is 10.7. The first-order chi connectivity index (χ1) is 7.98. The number of carbonyl (C=O) groups excluding carboxylic acids is 1. The third-order valence-electron chi connectivity index (χ3n) is 3.83. The molecule has 1 aliphatic rings. The molecule has 0 aliphatic heterocycles. The highest BCUT2D eigenvalue weighted by Gasteiger charge is 2.43. The molecular formula is C12H20N4O. The molecule has 5 nitrogen and oxygen atoms in total. The molecule has 17 heavy (non-hydrogen) atoms. The molecule has 3 N–H and O–H groups in total. The summed E-state index contributed by atoms with van der Waals surface area (Å²) < 4.78 is 2.03. The predicted octanol–water partition coefficient (Wildman–Crippen LogP) is 0.668. The van der Waals surface area contributed by atoms with Crippen molar-refractivity contribution in [2.45, 2.75) is 44.7 Å². The number of nitrogens with two attached hydrogens (primary N) is 1. The number of amides is 1. The van der Waals surface area contributed by atoms with Gasteiger partial charge < -0.3 is 11.1 Å². The van der Waals surface area contributed by atoms with Gasteiger partial charge in [-0.15, -0.1) is 0 Å². The summed E-state index contributed by atoms with van der Waals surface area (Å²) in [6.07, 6.45) is 2.44. The molecule has 1 fully saturated rings. The van der Waals surface area contributed by atoms with Crippen molar-refractivity contribution < 1.29 is 4.79 Å². The van der Waals surface area contributed by atoms with Gasteiger partial charge in [0.2, 0.25) is 5.91 Å². The third kappa shape index (κ3) is 1.95. The first kappa shape index (κ1) is 12.1. The quantitative estimate of drug-likeness (QED) is 0.810. The van der Waals surface area contributed by atoms with Crippen LogP contribution in [0.25, 0.3) is 0 Å². The van der Waals surface area contributed by atoms with Gasteiger partial charge in [-0.1, -0.05) is 0 Å². The molecule has 2 rings (SSSR count). The molecule has 1 heterocycles. The van der Waals surface area contributed by atoms with Gasteiger partial charge in [-0.25, -0.2) is 0 Å². The van der Waals surface area contributed by atoms with Gasteiger partial charge in [0.1, 0.15) is 0 Å². The average Bonchev–Trinajstić information content (AvgIpc) is 2.82. The lowest BCUT2D eigenvalue weighted by Crippen LogP contribution is -2.52. The van der Waals surface area contributed by atoms with Gasteiger partial charge in [0, 0.05) is 5.69 Å². The van der Waals surface area contributed by atoms with Gasteiger partial charge in [0.05, 0.1) is 17.3 Å². The number of aryl methyl sites for hydroxylation is 2. The number of aromatic nitrogens is 2. The first-order valence-electron chi connectivity index (χ1n) is 6.00. The number of hydrogen-bond donors (Lipinski definition) is 2. The van der Waals surface area contributed by atoms with Crippen LogP contribution >= 0.6 is 0 Å². The molecule has 1 saturated carbocycles. The van der Waals surface area contributed by atoms with Gasteiger partial charge in [0.15, 0.2) is 0 Å². The van der Waals surface area contributed by atoms with E-state index in [1.165, 1.54) is 0 Å². The van der Waals surface area contributed by atoms with Crippen LogP contribution in [0, 0.1) is 13.8 Å². The molecule has 0 radical (unpaired) electrons. The standard InChI is InChI=1S/C12H20N4O/c1-8-6-9(2)16(15-8)10-4-5-12(7-10,14-3)11(13)17/h6,10,14H,4-5,7H2,1-3H3,(H2,13,17). The largest absolute Gasteiger partial charge is 0.368 e. The summed E-state index contributed by atoms with van der Waals surface area (Å²) in [5, 5.41) is 7.58. The Hall–Kier alpha value is -1.36. The summed E-state index contributed by atoms with van der Waals surface area (Å²) in [6.45, 7) is 4.03. The van der Waals surface area contributed by atoms with Crippen LogP contribution in [0.3, 0.4) is 0 Å². The number of nitrogens with zero attached hydrogens (tertiary/aromatic N) is 2. The first-order valence-corrected chi connectivity index (χ1v) is 6.00. The van der Waals surface area contributed by atoms with Crippen LogP contribution in [0.2, 0.25) is 0 Å². The smallest absolute Gasteiger partial charge is 0.237 e. The van der Waals surface area contributed by atoms with Crippen LogP contribution < -0.4 is 11.1 Å². The van der Waals surface area contributed by atoms with E-state index in [1.807, 2.05) is 18.5 Å². The molecule has 0 aromatic carbocycles.